The Morgan fingerprint density at radius 3 is 2.37 bits per heavy atom. The number of nitrogens with zero attached hydrogens (tertiary/aromatic N) is 2. The number of benzene rings is 1. The first-order valence-electron chi connectivity index (χ1n) is 9.34. The van der Waals surface area contributed by atoms with Crippen molar-refractivity contribution in [1.82, 2.24) is 8.61 Å². The number of hydrogen-bond acceptors (Lipinski definition) is 4. The van der Waals surface area contributed by atoms with E-state index < -0.39 is 10.2 Å². The molecule has 0 spiro atoms. The molecule has 2 heterocycles. The van der Waals surface area contributed by atoms with Gasteiger partial charge in [-0.1, -0.05) is 30.3 Å². The van der Waals surface area contributed by atoms with Crippen LogP contribution >= 0.6 is 11.3 Å². The Kier molecular flexibility index (Phi) is 6.70. The molecule has 1 saturated heterocycles. The van der Waals surface area contributed by atoms with E-state index in [1.807, 2.05) is 63.2 Å². The van der Waals surface area contributed by atoms with Gasteiger partial charge in [0.1, 0.15) is 0 Å². The number of ether oxygens (including phenoxy) is 1. The zero-order valence-corrected chi connectivity index (χ0v) is 17.8. The Hall–Kier alpha value is -1.25. The van der Waals surface area contributed by atoms with E-state index >= 15 is 0 Å². The molecule has 1 aromatic heterocycles. The second-order valence-electron chi connectivity index (χ2n) is 7.16. The first-order valence-corrected chi connectivity index (χ1v) is 11.6. The molecular weight excluding hydrogens is 380 g/mol. The molecular formula is C20H28N2O3S2. The molecule has 2 aromatic rings. The number of morpholine rings is 1. The molecule has 1 aliphatic rings. The standard InChI is InChI=1S/C20H28N2O3S2/c1-16-13-22(14-17(2)25-16)27(23,24)21(15-20-10-9-18(3)26-20)12-11-19-7-5-4-6-8-19/h4-10,16-17H,11-15H2,1-3H3/t16-,17+. The van der Waals surface area contributed by atoms with E-state index in [1.54, 1.807) is 19.9 Å². The summed E-state index contributed by atoms with van der Waals surface area (Å²) in [6.07, 6.45) is 0.506. The molecule has 0 N–H and O–H groups in total. The van der Waals surface area contributed by atoms with Crippen LogP contribution in [0.2, 0.25) is 0 Å². The third-order valence-electron chi connectivity index (χ3n) is 4.66. The van der Waals surface area contributed by atoms with Gasteiger partial charge in [-0.05, 0) is 44.9 Å². The van der Waals surface area contributed by atoms with Gasteiger partial charge in [0.25, 0.3) is 10.2 Å². The average molecular weight is 409 g/mol. The van der Waals surface area contributed by atoms with Gasteiger partial charge in [-0.2, -0.15) is 17.0 Å². The van der Waals surface area contributed by atoms with Gasteiger partial charge < -0.3 is 4.74 Å². The lowest BCUT2D eigenvalue weighted by molar-refractivity contribution is -0.0455. The fraction of sp³-hybridized carbons (Fsp3) is 0.500. The van der Waals surface area contributed by atoms with Gasteiger partial charge in [0.2, 0.25) is 0 Å². The Morgan fingerprint density at radius 1 is 1.11 bits per heavy atom. The summed E-state index contributed by atoms with van der Waals surface area (Å²) in [5.74, 6) is 0. The van der Waals surface area contributed by atoms with Crippen molar-refractivity contribution in [1.29, 1.82) is 0 Å². The molecule has 0 amide bonds. The van der Waals surface area contributed by atoms with E-state index in [2.05, 4.69) is 0 Å². The predicted molar refractivity (Wildman–Crippen MR) is 110 cm³/mol. The van der Waals surface area contributed by atoms with Gasteiger partial charge in [0, 0.05) is 35.9 Å². The van der Waals surface area contributed by atoms with Crippen molar-refractivity contribution in [2.45, 2.75) is 45.9 Å². The Labute approximate surface area is 166 Å². The predicted octanol–water partition coefficient (Wildman–Crippen LogP) is 3.46. The fourth-order valence-corrected chi connectivity index (χ4v) is 6.14. The first kappa shape index (κ1) is 20.5. The van der Waals surface area contributed by atoms with Crippen molar-refractivity contribution in [2.75, 3.05) is 19.6 Å². The van der Waals surface area contributed by atoms with Crippen LogP contribution in [0, 0.1) is 6.92 Å². The van der Waals surface area contributed by atoms with Gasteiger partial charge in [0.15, 0.2) is 0 Å². The van der Waals surface area contributed by atoms with Crippen molar-refractivity contribution in [3.05, 3.63) is 57.8 Å². The minimum absolute atomic E-state index is 0.0940. The monoisotopic (exact) mass is 408 g/mol. The number of rotatable bonds is 7. The largest absolute Gasteiger partial charge is 0.373 e. The SMILES string of the molecule is Cc1ccc(CN(CCc2ccccc2)S(=O)(=O)N2C[C@@H](C)O[C@@H](C)C2)s1. The fourth-order valence-electron chi connectivity index (χ4n) is 3.40. The van der Waals surface area contributed by atoms with Crippen LogP contribution in [0.3, 0.4) is 0 Å². The average Bonchev–Trinajstić information content (AvgIpc) is 3.03. The van der Waals surface area contributed by atoms with Crippen molar-refractivity contribution in [3.8, 4) is 0 Å². The van der Waals surface area contributed by atoms with Crippen molar-refractivity contribution in [3.63, 3.8) is 0 Å². The van der Waals surface area contributed by atoms with E-state index in [9.17, 15) is 8.42 Å². The molecule has 148 valence electrons. The van der Waals surface area contributed by atoms with Crippen molar-refractivity contribution < 1.29 is 13.2 Å². The Balaban J connectivity index is 1.80. The summed E-state index contributed by atoms with van der Waals surface area (Å²) in [5.41, 5.74) is 1.14. The summed E-state index contributed by atoms with van der Waals surface area (Å²) >= 11 is 1.65. The van der Waals surface area contributed by atoms with Gasteiger partial charge >= 0.3 is 0 Å². The van der Waals surface area contributed by atoms with Gasteiger partial charge in [-0.3, -0.25) is 0 Å². The molecule has 7 heteroatoms. The molecule has 1 aromatic carbocycles. The maximum Gasteiger partial charge on any atom is 0.282 e. The highest BCUT2D eigenvalue weighted by atomic mass is 32.2. The van der Waals surface area contributed by atoms with Crippen LogP contribution in [0.15, 0.2) is 42.5 Å². The zero-order valence-electron chi connectivity index (χ0n) is 16.2. The summed E-state index contributed by atoms with van der Waals surface area (Å²) < 4.78 is 35.7. The number of hydrogen-bond donors (Lipinski definition) is 0. The maximum absolute atomic E-state index is 13.4. The molecule has 0 bridgehead atoms. The summed E-state index contributed by atoms with van der Waals surface area (Å²) in [6.45, 7) is 7.57. The highest BCUT2D eigenvalue weighted by molar-refractivity contribution is 7.86. The molecule has 0 radical (unpaired) electrons. The maximum atomic E-state index is 13.4. The van der Waals surface area contributed by atoms with E-state index in [4.69, 9.17) is 4.74 Å². The van der Waals surface area contributed by atoms with E-state index in [-0.39, 0.29) is 12.2 Å². The normalized spacial score (nSPS) is 21.6. The van der Waals surface area contributed by atoms with E-state index in [1.165, 1.54) is 4.88 Å². The topological polar surface area (TPSA) is 49.9 Å². The van der Waals surface area contributed by atoms with Crippen LogP contribution in [-0.2, 0) is 27.9 Å². The molecule has 0 aliphatic carbocycles. The molecule has 5 nitrogen and oxygen atoms in total. The van der Waals surface area contributed by atoms with Crippen LogP contribution in [0.25, 0.3) is 0 Å². The number of thiophene rings is 1. The highest BCUT2D eigenvalue weighted by Gasteiger charge is 2.35. The third kappa shape index (κ3) is 5.39. The van der Waals surface area contributed by atoms with Crippen molar-refractivity contribution in [2.24, 2.45) is 0 Å². The quantitative estimate of drug-likeness (QED) is 0.705. The summed E-state index contributed by atoms with van der Waals surface area (Å²) in [5, 5.41) is 0. The lowest BCUT2D eigenvalue weighted by Gasteiger charge is -2.37. The lowest BCUT2D eigenvalue weighted by Crippen LogP contribution is -2.53. The van der Waals surface area contributed by atoms with Crippen LogP contribution in [0.1, 0.15) is 29.2 Å². The first-order chi connectivity index (χ1) is 12.8. The Bertz CT molecular complexity index is 826. The van der Waals surface area contributed by atoms with Crippen LogP contribution < -0.4 is 0 Å². The lowest BCUT2D eigenvalue weighted by atomic mass is 10.1. The molecule has 1 aliphatic heterocycles. The van der Waals surface area contributed by atoms with Gasteiger partial charge in [-0.25, -0.2) is 0 Å². The number of aryl methyl sites for hydroxylation is 1. The second kappa shape index (κ2) is 8.84. The molecule has 1 fully saturated rings. The molecule has 3 rings (SSSR count). The minimum atomic E-state index is -3.56. The van der Waals surface area contributed by atoms with Crippen molar-refractivity contribution >= 4 is 21.5 Å². The van der Waals surface area contributed by atoms with Crippen LogP contribution in [0.5, 0.6) is 0 Å². The smallest absolute Gasteiger partial charge is 0.282 e. The molecule has 2 atom stereocenters. The molecule has 0 saturated carbocycles. The molecule has 0 unspecified atom stereocenters. The summed E-state index contributed by atoms with van der Waals surface area (Å²) in [6, 6.07) is 14.1. The van der Waals surface area contributed by atoms with Crippen LogP contribution in [-0.4, -0.2) is 48.9 Å². The van der Waals surface area contributed by atoms with E-state index in [0.29, 0.717) is 32.6 Å². The van der Waals surface area contributed by atoms with E-state index in [0.717, 1.165) is 10.4 Å². The minimum Gasteiger partial charge on any atom is -0.373 e. The second-order valence-corrected chi connectivity index (χ2v) is 10.5. The molecule has 27 heavy (non-hydrogen) atoms. The summed E-state index contributed by atoms with van der Waals surface area (Å²) in [7, 11) is -3.56. The Morgan fingerprint density at radius 2 is 1.78 bits per heavy atom. The zero-order chi connectivity index (χ0) is 19.4. The van der Waals surface area contributed by atoms with Gasteiger partial charge in [0.05, 0.1) is 12.2 Å². The third-order valence-corrected chi connectivity index (χ3v) is 7.56. The van der Waals surface area contributed by atoms with Gasteiger partial charge in [-0.15, -0.1) is 11.3 Å². The van der Waals surface area contributed by atoms with Crippen LogP contribution in [0.4, 0.5) is 0 Å². The highest BCUT2D eigenvalue weighted by Crippen LogP contribution is 2.23. The summed E-state index contributed by atoms with van der Waals surface area (Å²) in [4.78, 5) is 2.26.